The minimum absolute atomic E-state index is 0.0659. The van der Waals surface area contributed by atoms with Gasteiger partial charge < -0.3 is 15.1 Å². The van der Waals surface area contributed by atoms with Crippen molar-refractivity contribution in [2.75, 3.05) is 18.5 Å². The molecule has 3 rings (SSSR count). The van der Waals surface area contributed by atoms with Gasteiger partial charge in [0.2, 0.25) is 0 Å². The van der Waals surface area contributed by atoms with Crippen molar-refractivity contribution in [2.24, 2.45) is 0 Å². The number of likely N-dealkylation sites (N-methyl/N-ethyl adjacent to an activating group) is 1. The standard InChI is InChI=1S/C18H23N5O/c1-13-11-22(3)17-7-5-4-6-15(17)12-23(13)18(24)20-10-16-8-9-19-14(2)21-16/h4-9,13H,10-12H2,1-3H3,(H,20,24)/t13-/m1/s1. The highest BCUT2D eigenvalue weighted by molar-refractivity contribution is 5.75. The van der Waals surface area contributed by atoms with E-state index in [2.05, 4.69) is 46.3 Å². The molecule has 0 fully saturated rings. The maximum Gasteiger partial charge on any atom is 0.318 e. The van der Waals surface area contributed by atoms with E-state index in [1.807, 2.05) is 30.0 Å². The molecule has 0 saturated heterocycles. The summed E-state index contributed by atoms with van der Waals surface area (Å²) in [6.07, 6.45) is 1.71. The fraction of sp³-hybridized carbons (Fsp3) is 0.389. The van der Waals surface area contributed by atoms with E-state index in [1.54, 1.807) is 6.20 Å². The van der Waals surface area contributed by atoms with Crippen LogP contribution in [-0.4, -0.2) is 40.5 Å². The first-order valence-electron chi connectivity index (χ1n) is 8.16. The van der Waals surface area contributed by atoms with E-state index in [1.165, 1.54) is 5.69 Å². The number of nitrogens with zero attached hydrogens (tertiary/aromatic N) is 4. The Balaban J connectivity index is 1.72. The van der Waals surface area contributed by atoms with Crippen LogP contribution in [-0.2, 0) is 13.1 Å². The lowest BCUT2D eigenvalue weighted by Gasteiger charge is -2.28. The van der Waals surface area contributed by atoms with Gasteiger partial charge in [0.15, 0.2) is 0 Å². The molecule has 2 amide bonds. The third-order valence-corrected chi connectivity index (χ3v) is 4.33. The molecule has 0 aliphatic carbocycles. The molecule has 1 aliphatic rings. The Morgan fingerprint density at radius 1 is 1.33 bits per heavy atom. The number of urea groups is 1. The van der Waals surface area contributed by atoms with Gasteiger partial charge >= 0.3 is 6.03 Å². The highest BCUT2D eigenvalue weighted by Gasteiger charge is 2.26. The highest BCUT2D eigenvalue weighted by atomic mass is 16.2. The number of benzene rings is 1. The van der Waals surface area contributed by atoms with Gasteiger partial charge in [-0.15, -0.1) is 0 Å². The SMILES string of the molecule is Cc1nccc(CNC(=O)N2Cc3ccccc3N(C)C[C@H]2C)n1. The number of aromatic nitrogens is 2. The predicted octanol–water partition coefficient (Wildman–Crippen LogP) is 2.34. The van der Waals surface area contributed by atoms with Crippen LogP contribution in [0.25, 0.3) is 0 Å². The van der Waals surface area contributed by atoms with Crippen LogP contribution in [0.4, 0.5) is 10.5 Å². The Bertz CT molecular complexity index is 733. The van der Waals surface area contributed by atoms with Gasteiger partial charge in [-0.1, -0.05) is 18.2 Å². The third-order valence-electron chi connectivity index (χ3n) is 4.33. The molecule has 0 bridgehead atoms. The molecule has 2 heterocycles. The zero-order chi connectivity index (χ0) is 17.1. The summed E-state index contributed by atoms with van der Waals surface area (Å²) in [5.41, 5.74) is 3.17. The quantitative estimate of drug-likeness (QED) is 0.920. The molecule has 6 nitrogen and oxygen atoms in total. The fourth-order valence-electron chi connectivity index (χ4n) is 3.09. The molecule has 1 N–H and O–H groups in total. The molecule has 1 aromatic heterocycles. The van der Waals surface area contributed by atoms with E-state index < -0.39 is 0 Å². The van der Waals surface area contributed by atoms with Crippen LogP contribution in [0.15, 0.2) is 36.5 Å². The average molecular weight is 325 g/mol. The zero-order valence-electron chi connectivity index (χ0n) is 14.4. The summed E-state index contributed by atoms with van der Waals surface area (Å²) in [5, 5.41) is 2.98. The number of amides is 2. The first-order valence-corrected chi connectivity index (χ1v) is 8.16. The predicted molar refractivity (Wildman–Crippen MR) is 93.7 cm³/mol. The molecule has 126 valence electrons. The minimum Gasteiger partial charge on any atom is -0.372 e. The van der Waals surface area contributed by atoms with Gasteiger partial charge in [0, 0.05) is 38.1 Å². The average Bonchev–Trinajstić information content (AvgIpc) is 2.69. The van der Waals surface area contributed by atoms with Crippen LogP contribution in [0.2, 0.25) is 0 Å². The van der Waals surface area contributed by atoms with Crippen LogP contribution in [0.1, 0.15) is 24.0 Å². The van der Waals surface area contributed by atoms with Gasteiger partial charge in [0.25, 0.3) is 0 Å². The van der Waals surface area contributed by atoms with Gasteiger partial charge in [-0.05, 0) is 31.5 Å². The summed E-state index contributed by atoms with van der Waals surface area (Å²) < 4.78 is 0. The van der Waals surface area contributed by atoms with Crippen LogP contribution in [0.3, 0.4) is 0 Å². The second-order valence-corrected chi connectivity index (χ2v) is 6.24. The molecule has 0 radical (unpaired) electrons. The van der Waals surface area contributed by atoms with E-state index in [0.29, 0.717) is 18.9 Å². The molecule has 0 spiro atoms. The van der Waals surface area contributed by atoms with E-state index in [9.17, 15) is 4.79 Å². The number of anilines is 1. The number of para-hydroxylation sites is 1. The van der Waals surface area contributed by atoms with Crippen molar-refractivity contribution in [1.29, 1.82) is 0 Å². The summed E-state index contributed by atoms with van der Waals surface area (Å²) in [4.78, 5) is 25.2. The smallest absolute Gasteiger partial charge is 0.318 e. The van der Waals surface area contributed by atoms with Gasteiger partial charge in [-0.2, -0.15) is 0 Å². The van der Waals surface area contributed by atoms with Gasteiger partial charge in [0.1, 0.15) is 5.82 Å². The zero-order valence-corrected chi connectivity index (χ0v) is 14.4. The summed E-state index contributed by atoms with van der Waals surface area (Å²) in [7, 11) is 2.07. The molecule has 2 aromatic rings. The van der Waals surface area contributed by atoms with E-state index in [0.717, 1.165) is 17.8 Å². The van der Waals surface area contributed by atoms with Gasteiger partial charge in [0.05, 0.1) is 12.2 Å². The Hall–Kier alpha value is -2.63. The largest absolute Gasteiger partial charge is 0.372 e. The minimum atomic E-state index is -0.0659. The summed E-state index contributed by atoms with van der Waals surface area (Å²) >= 11 is 0. The number of carbonyl (C=O) groups is 1. The molecular weight excluding hydrogens is 302 g/mol. The van der Waals surface area contributed by atoms with Crippen molar-refractivity contribution in [1.82, 2.24) is 20.2 Å². The monoisotopic (exact) mass is 325 g/mol. The van der Waals surface area contributed by atoms with Gasteiger partial charge in [-0.25, -0.2) is 14.8 Å². The number of fused-ring (bicyclic) bond motifs is 1. The van der Waals surface area contributed by atoms with Crippen LogP contribution in [0, 0.1) is 6.92 Å². The number of nitrogens with one attached hydrogen (secondary N) is 1. The van der Waals surface area contributed by atoms with Crippen LogP contribution in [0.5, 0.6) is 0 Å². The number of rotatable bonds is 2. The Morgan fingerprint density at radius 3 is 2.92 bits per heavy atom. The highest BCUT2D eigenvalue weighted by Crippen LogP contribution is 2.25. The maximum atomic E-state index is 12.7. The Kier molecular flexibility index (Phi) is 4.64. The second-order valence-electron chi connectivity index (χ2n) is 6.24. The molecule has 1 aromatic carbocycles. The van der Waals surface area contributed by atoms with E-state index >= 15 is 0 Å². The number of aryl methyl sites for hydroxylation is 1. The number of carbonyl (C=O) groups excluding carboxylic acids is 1. The van der Waals surface area contributed by atoms with Crippen molar-refractivity contribution in [2.45, 2.75) is 33.0 Å². The van der Waals surface area contributed by atoms with Crippen LogP contribution >= 0.6 is 0 Å². The first-order chi connectivity index (χ1) is 11.5. The number of hydrogen-bond donors (Lipinski definition) is 1. The first kappa shape index (κ1) is 16.2. The fourth-order valence-corrected chi connectivity index (χ4v) is 3.09. The van der Waals surface area contributed by atoms with E-state index in [-0.39, 0.29) is 12.1 Å². The van der Waals surface area contributed by atoms with Crippen molar-refractivity contribution < 1.29 is 4.79 Å². The lowest BCUT2D eigenvalue weighted by molar-refractivity contribution is 0.178. The maximum absolute atomic E-state index is 12.7. The summed E-state index contributed by atoms with van der Waals surface area (Å²) in [6.45, 7) is 5.74. The van der Waals surface area contributed by atoms with Gasteiger partial charge in [-0.3, -0.25) is 0 Å². The lowest BCUT2D eigenvalue weighted by atomic mass is 10.1. The Morgan fingerprint density at radius 2 is 2.12 bits per heavy atom. The number of hydrogen-bond acceptors (Lipinski definition) is 4. The normalized spacial score (nSPS) is 17.2. The van der Waals surface area contributed by atoms with Crippen molar-refractivity contribution in [3.8, 4) is 0 Å². The molecule has 1 atom stereocenters. The lowest BCUT2D eigenvalue weighted by Crippen LogP contribution is -2.46. The molecule has 0 saturated carbocycles. The van der Waals surface area contributed by atoms with Crippen LogP contribution < -0.4 is 10.2 Å². The molecule has 6 heteroatoms. The van der Waals surface area contributed by atoms with Crippen molar-refractivity contribution >= 4 is 11.7 Å². The van der Waals surface area contributed by atoms with Crippen molar-refractivity contribution in [3.05, 3.63) is 53.6 Å². The molecule has 24 heavy (non-hydrogen) atoms. The third kappa shape index (κ3) is 3.48. The Labute approximate surface area is 142 Å². The molecular formula is C18H23N5O. The van der Waals surface area contributed by atoms with Crippen molar-refractivity contribution in [3.63, 3.8) is 0 Å². The van der Waals surface area contributed by atoms with E-state index in [4.69, 9.17) is 0 Å². The molecule has 1 aliphatic heterocycles. The summed E-state index contributed by atoms with van der Waals surface area (Å²) in [5.74, 6) is 0.709. The topological polar surface area (TPSA) is 61.4 Å². The molecule has 0 unspecified atom stereocenters. The second kappa shape index (κ2) is 6.86. The summed E-state index contributed by atoms with van der Waals surface area (Å²) in [6, 6.07) is 10.1.